The second kappa shape index (κ2) is 7.86. The summed E-state index contributed by atoms with van der Waals surface area (Å²) in [5, 5.41) is 7.20. The molecule has 3 nitrogen and oxygen atoms in total. The Labute approximate surface area is 117 Å². The fourth-order valence-corrected chi connectivity index (χ4v) is 1.77. The molecule has 0 amide bonds. The van der Waals surface area contributed by atoms with Gasteiger partial charge in [-0.1, -0.05) is 12.1 Å². The number of hydrogen-bond donors (Lipinski definition) is 1. The molecule has 0 aliphatic rings. The third-order valence-corrected chi connectivity index (χ3v) is 2.63. The van der Waals surface area contributed by atoms with Gasteiger partial charge in [-0.15, -0.1) is 12.4 Å². The number of nitrogens with one attached hydrogen (secondary N) is 1. The summed E-state index contributed by atoms with van der Waals surface area (Å²) in [7, 11) is 0. The molecule has 0 saturated heterocycles. The molecule has 0 aliphatic heterocycles. The van der Waals surface area contributed by atoms with Crippen molar-refractivity contribution in [2.24, 2.45) is 0 Å². The van der Waals surface area contributed by atoms with Crippen molar-refractivity contribution >= 4 is 12.4 Å². The zero-order chi connectivity index (χ0) is 12.8. The first-order valence-electron chi connectivity index (χ1n) is 5.81. The molecule has 104 valence electrons. The first-order chi connectivity index (χ1) is 8.79. The Morgan fingerprint density at radius 3 is 2.79 bits per heavy atom. The van der Waals surface area contributed by atoms with Gasteiger partial charge in [0, 0.05) is 19.3 Å². The Morgan fingerprint density at radius 2 is 2.05 bits per heavy atom. The van der Waals surface area contributed by atoms with Crippen LogP contribution < -0.4 is 5.32 Å². The Bertz CT molecular complexity index is 502. The average molecular weight is 288 g/mol. The summed E-state index contributed by atoms with van der Waals surface area (Å²) in [5.74, 6) is -0.239. The standard InChI is InChI=1S/C13H15F2N3.ClH/c14-5-7-18-13(4-6-17-18)10-16-9-11-2-1-3-12(15)8-11;/h1-4,6,8,16H,5,7,9-10H2;1H. The van der Waals surface area contributed by atoms with Gasteiger partial charge in [0.05, 0.1) is 12.2 Å². The minimum absolute atomic E-state index is 0. The van der Waals surface area contributed by atoms with Gasteiger partial charge >= 0.3 is 0 Å². The fourth-order valence-electron chi connectivity index (χ4n) is 1.77. The van der Waals surface area contributed by atoms with Crippen LogP contribution in [0.1, 0.15) is 11.3 Å². The number of aryl methyl sites for hydroxylation is 1. The normalized spacial score (nSPS) is 10.2. The molecule has 19 heavy (non-hydrogen) atoms. The van der Waals surface area contributed by atoms with Crippen LogP contribution in [-0.2, 0) is 19.6 Å². The second-order valence-corrected chi connectivity index (χ2v) is 3.97. The number of halogens is 3. The fraction of sp³-hybridized carbons (Fsp3) is 0.308. The molecule has 0 radical (unpaired) electrons. The number of aromatic nitrogens is 2. The van der Waals surface area contributed by atoms with Gasteiger partial charge in [0.2, 0.25) is 0 Å². The van der Waals surface area contributed by atoms with Gasteiger partial charge in [-0.2, -0.15) is 5.10 Å². The minimum atomic E-state index is -0.432. The summed E-state index contributed by atoms with van der Waals surface area (Å²) in [6.45, 7) is 0.984. The Hall–Kier alpha value is -1.46. The molecule has 6 heteroatoms. The summed E-state index contributed by atoms with van der Waals surface area (Å²) in [6, 6.07) is 8.29. The molecule has 0 spiro atoms. The molecule has 0 atom stereocenters. The van der Waals surface area contributed by atoms with E-state index in [1.54, 1.807) is 16.9 Å². The Balaban J connectivity index is 0.00000180. The molecule has 1 heterocycles. The van der Waals surface area contributed by atoms with E-state index in [-0.39, 0.29) is 24.8 Å². The van der Waals surface area contributed by atoms with E-state index in [9.17, 15) is 8.78 Å². The summed E-state index contributed by atoms with van der Waals surface area (Å²) in [6.07, 6.45) is 1.65. The van der Waals surface area contributed by atoms with Crippen molar-refractivity contribution in [1.82, 2.24) is 15.1 Å². The molecule has 1 N–H and O–H groups in total. The first kappa shape index (κ1) is 15.6. The van der Waals surface area contributed by atoms with Gasteiger partial charge in [-0.05, 0) is 23.8 Å². The predicted molar refractivity (Wildman–Crippen MR) is 72.4 cm³/mol. The van der Waals surface area contributed by atoms with Crippen molar-refractivity contribution < 1.29 is 8.78 Å². The van der Waals surface area contributed by atoms with Gasteiger partial charge in [0.1, 0.15) is 12.5 Å². The average Bonchev–Trinajstić information content (AvgIpc) is 2.78. The van der Waals surface area contributed by atoms with E-state index >= 15 is 0 Å². The van der Waals surface area contributed by atoms with Gasteiger partial charge in [-0.25, -0.2) is 8.78 Å². The van der Waals surface area contributed by atoms with E-state index in [1.165, 1.54) is 12.1 Å². The molecule has 1 aromatic heterocycles. The van der Waals surface area contributed by atoms with Crippen LogP contribution in [0.25, 0.3) is 0 Å². The lowest BCUT2D eigenvalue weighted by Gasteiger charge is -2.07. The topological polar surface area (TPSA) is 29.9 Å². The van der Waals surface area contributed by atoms with E-state index in [4.69, 9.17) is 0 Å². The third-order valence-electron chi connectivity index (χ3n) is 2.63. The van der Waals surface area contributed by atoms with Crippen molar-refractivity contribution in [3.8, 4) is 0 Å². The molecule has 1 aromatic carbocycles. The molecule has 0 unspecified atom stereocenters. The quantitative estimate of drug-likeness (QED) is 0.885. The summed E-state index contributed by atoms with van der Waals surface area (Å²) in [5.41, 5.74) is 1.80. The van der Waals surface area contributed by atoms with Crippen molar-refractivity contribution in [2.45, 2.75) is 19.6 Å². The zero-order valence-corrected chi connectivity index (χ0v) is 11.2. The Kier molecular flexibility index (Phi) is 6.45. The molecule has 2 aromatic rings. The summed E-state index contributed by atoms with van der Waals surface area (Å²) in [4.78, 5) is 0. The summed E-state index contributed by atoms with van der Waals surface area (Å²) < 4.78 is 26.8. The van der Waals surface area contributed by atoms with E-state index in [0.29, 0.717) is 13.1 Å². The molecular weight excluding hydrogens is 272 g/mol. The number of rotatable bonds is 6. The molecule has 0 bridgehead atoms. The van der Waals surface area contributed by atoms with E-state index in [0.717, 1.165) is 11.3 Å². The van der Waals surface area contributed by atoms with Crippen LogP contribution in [0.3, 0.4) is 0 Å². The van der Waals surface area contributed by atoms with Crippen LogP contribution in [0.2, 0.25) is 0 Å². The highest BCUT2D eigenvalue weighted by atomic mass is 35.5. The molecule has 0 saturated carbocycles. The van der Waals surface area contributed by atoms with Gasteiger partial charge in [0.25, 0.3) is 0 Å². The number of hydrogen-bond acceptors (Lipinski definition) is 2. The SMILES string of the molecule is Cl.FCCn1nccc1CNCc1cccc(F)c1. The zero-order valence-electron chi connectivity index (χ0n) is 10.4. The molecule has 0 fully saturated rings. The molecule has 2 rings (SSSR count). The largest absolute Gasteiger partial charge is 0.307 e. The maximum Gasteiger partial charge on any atom is 0.123 e. The van der Waals surface area contributed by atoms with Crippen molar-refractivity contribution in [3.63, 3.8) is 0 Å². The predicted octanol–water partition coefficient (Wildman–Crippen LogP) is 2.70. The highest BCUT2D eigenvalue weighted by Crippen LogP contribution is 2.04. The van der Waals surface area contributed by atoms with Crippen LogP contribution in [0.5, 0.6) is 0 Å². The Morgan fingerprint density at radius 1 is 1.21 bits per heavy atom. The summed E-state index contributed by atoms with van der Waals surface area (Å²) >= 11 is 0. The van der Waals surface area contributed by atoms with Gasteiger partial charge < -0.3 is 5.32 Å². The van der Waals surface area contributed by atoms with Crippen molar-refractivity contribution in [3.05, 3.63) is 53.6 Å². The lowest BCUT2D eigenvalue weighted by molar-refractivity contribution is 0.417. The van der Waals surface area contributed by atoms with Crippen molar-refractivity contribution in [2.75, 3.05) is 6.67 Å². The van der Waals surface area contributed by atoms with Gasteiger partial charge in [0.15, 0.2) is 0 Å². The van der Waals surface area contributed by atoms with Crippen molar-refractivity contribution in [1.29, 1.82) is 0 Å². The van der Waals surface area contributed by atoms with Crippen LogP contribution >= 0.6 is 12.4 Å². The van der Waals surface area contributed by atoms with E-state index < -0.39 is 6.67 Å². The monoisotopic (exact) mass is 287 g/mol. The van der Waals surface area contributed by atoms with Crippen LogP contribution in [0.15, 0.2) is 36.5 Å². The lowest BCUT2D eigenvalue weighted by Crippen LogP contribution is -2.17. The second-order valence-electron chi connectivity index (χ2n) is 3.97. The number of nitrogens with zero attached hydrogens (tertiary/aromatic N) is 2. The van der Waals surface area contributed by atoms with Crippen LogP contribution in [0, 0.1) is 5.82 Å². The smallest absolute Gasteiger partial charge is 0.123 e. The molecule has 0 aliphatic carbocycles. The highest BCUT2D eigenvalue weighted by molar-refractivity contribution is 5.85. The third kappa shape index (κ3) is 4.61. The maximum absolute atomic E-state index is 12.9. The molecular formula is C13H16ClF2N3. The number of alkyl halides is 1. The highest BCUT2D eigenvalue weighted by Gasteiger charge is 2.02. The van der Waals surface area contributed by atoms with Crippen LogP contribution in [0.4, 0.5) is 8.78 Å². The first-order valence-corrected chi connectivity index (χ1v) is 5.81. The minimum Gasteiger partial charge on any atom is -0.307 e. The van der Waals surface area contributed by atoms with Crippen LogP contribution in [-0.4, -0.2) is 16.5 Å². The van der Waals surface area contributed by atoms with E-state index in [2.05, 4.69) is 10.4 Å². The lowest BCUT2D eigenvalue weighted by atomic mass is 10.2. The van der Waals surface area contributed by atoms with E-state index in [1.807, 2.05) is 12.1 Å². The van der Waals surface area contributed by atoms with Gasteiger partial charge in [-0.3, -0.25) is 4.68 Å². The maximum atomic E-state index is 12.9. The number of benzene rings is 1.